The van der Waals surface area contributed by atoms with Gasteiger partial charge in [-0.05, 0) is 64.4 Å². The van der Waals surface area contributed by atoms with Crippen molar-refractivity contribution in [3.63, 3.8) is 0 Å². The minimum atomic E-state index is -0.724. The number of nitrogens with two attached hydrogens (primary N) is 1. The molecule has 0 saturated heterocycles. The van der Waals surface area contributed by atoms with Crippen molar-refractivity contribution >= 4 is 34.2 Å². The summed E-state index contributed by atoms with van der Waals surface area (Å²) >= 11 is 8.22. The summed E-state index contributed by atoms with van der Waals surface area (Å²) < 4.78 is 1.13. The van der Waals surface area contributed by atoms with E-state index < -0.39 is 12.1 Å². The van der Waals surface area contributed by atoms with E-state index in [-0.39, 0.29) is 0 Å². The van der Waals surface area contributed by atoms with Gasteiger partial charge in [0.2, 0.25) is 0 Å². The third-order valence-electron chi connectivity index (χ3n) is 3.12. The van der Waals surface area contributed by atoms with Gasteiger partial charge in [-0.3, -0.25) is 0 Å². The molecule has 0 aliphatic heterocycles. The van der Waals surface area contributed by atoms with Gasteiger partial charge in [0.25, 0.3) is 0 Å². The summed E-state index contributed by atoms with van der Waals surface area (Å²) in [5.74, 6) is 0. The van der Waals surface area contributed by atoms with Crippen molar-refractivity contribution in [3.05, 3.63) is 67.7 Å². The van der Waals surface area contributed by atoms with E-state index >= 15 is 0 Å². The molecule has 100 valence electrons. The van der Waals surface area contributed by atoms with E-state index in [1.165, 1.54) is 0 Å². The summed E-state index contributed by atoms with van der Waals surface area (Å²) in [7, 11) is 0. The third-order valence-corrected chi connectivity index (χ3v) is 4.26. The molecular weight excluding hydrogens is 373 g/mol. The van der Waals surface area contributed by atoms with Crippen LogP contribution >= 0.6 is 34.2 Å². The summed E-state index contributed by atoms with van der Waals surface area (Å²) in [6, 6.07) is 12.8. The average Bonchev–Trinajstić information content (AvgIpc) is 2.41. The lowest BCUT2D eigenvalue weighted by molar-refractivity contribution is 0.147. The monoisotopic (exact) mass is 387 g/mol. The SMILES string of the molecule is Cc1cc(C(N)C(O)c2ccc(I)cc2)ccc1Cl. The summed E-state index contributed by atoms with van der Waals surface area (Å²) in [5.41, 5.74) is 8.80. The second kappa shape index (κ2) is 6.22. The molecule has 0 aliphatic carbocycles. The predicted molar refractivity (Wildman–Crippen MR) is 87.2 cm³/mol. The number of hydrogen-bond donors (Lipinski definition) is 2. The van der Waals surface area contributed by atoms with Gasteiger partial charge in [-0.1, -0.05) is 35.9 Å². The molecular formula is C15H15ClINO. The summed E-state index contributed by atoms with van der Waals surface area (Å²) in [5, 5.41) is 11.0. The van der Waals surface area contributed by atoms with Crippen LogP contribution in [0.25, 0.3) is 0 Å². The highest BCUT2D eigenvalue weighted by molar-refractivity contribution is 14.1. The first-order valence-electron chi connectivity index (χ1n) is 5.94. The lowest BCUT2D eigenvalue weighted by atomic mass is 9.96. The third kappa shape index (κ3) is 3.48. The average molecular weight is 388 g/mol. The Morgan fingerprint density at radius 1 is 1.11 bits per heavy atom. The molecule has 0 heterocycles. The number of aliphatic hydroxyl groups excluding tert-OH is 1. The molecule has 0 radical (unpaired) electrons. The first kappa shape index (κ1) is 14.8. The van der Waals surface area contributed by atoms with Crippen LogP contribution in [0.1, 0.15) is 28.8 Å². The van der Waals surface area contributed by atoms with E-state index in [2.05, 4.69) is 22.6 Å². The smallest absolute Gasteiger partial charge is 0.0982 e. The number of halogens is 2. The largest absolute Gasteiger partial charge is 0.386 e. The molecule has 2 nitrogen and oxygen atoms in total. The Bertz CT molecular complexity index is 571. The highest BCUT2D eigenvalue weighted by Gasteiger charge is 2.19. The van der Waals surface area contributed by atoms with Crippen molar-refractivity contribution in [2.75, 3.05) is 0 Å². The normalized spacial score (nSPS) is 14.2. The van der Waals surface area contributed by atoms with E-state index in [0.29, 0.717) is 5.02 Å². The van der Waals surface area contributed by atoms with Crippen molar-refractivity contribution in [1.82, 2.24) is 0 Å². The fourth-order valence-corrected chi connectivity index (χ4v) is 2.40. The molecule has 4 heteroatoms. The Labute approximate surface area is 131 Å². The molecule has 0 amide bonds. The number of hydrogen-bond acceptors (Lipinski definition) is 2. The van der Waals surface area contributed by atoms with Gasteiger partial charge in [0.1, 0.15) is 0 Å². The zero-order valence-electron chi connectivity index (χ0n) is 10.5. The zero-order chi connectivity index (χ0) is 14.0. The van der Waals surface area contributed by atoms with Gasteiger partial charge in [-0.25, -0.2) is 0 Å². The van der Waals surface area contributed by atoms with Crippen molar-refractivity contribution in [2.45, 2.75) is 19.1 Å². The molecule has 2 rings (SSSR count). The lowest BCUT2D eigenvalue weighted by Crippen LogP contribution is -2.19. The Balaban J connectivity index is 2.25. The minimum absolute atomic E-state index is 0.462. The van der Waals surface area contributed by atoms with E-state index in [1.807, 2.05) is 49.4 Å². The highest BCUT2D eigenvalue weighted by atomic mass is 127. The van der Waals surface area contributed by atoms with Gasteiger partial charge >= 0.3 is 0 Å². The molecule has 0 aliphatic rings. The van der Waals surface area contributed by atoms with Crippen LogP contribution in [0, 0.1) is 10.5 Å². The van der Waals surface area contributed by atoms with Crippen molar-refractivity contribution in [2.24, 2.45) is 5.73 Å². The van der Waals surface area contributed by atoms with Crippen LogP contribution in [0.2, 0.25) is 5.02 Å². The molecule has 0 spiro atoms. The second-order valence-corrected chi connectivity index (χ2v) is 6.18. The molecule has 2 unspecified atom stereocenters. The lowest BCUT2D eigenvalue weighted by Gasteiger charge is -2.20. The van der Waals surface area contributed by atoms with Gasteiger partial charge < -0.3 is 10.8 Å². The summed E-state index contributed by atoms with van der Waals surface area (Å²) in [6.07, 6.45) is -0.724. The fraction of sp³-hybridized carbons (Fsp3) is 0.200. The van der Waals surface area contributed by atoms with Crippen molar-refractivity contribution in [3.8, 4) is 0 Å². The van der Waals surface area contributed by atoms with E-state index in [4.69, 9.17) is 17.3 Å². The standard InChI is InChI=1S/C15H15ClINO/c1-9-8-11(4-7-13(9)16)14(18)15(19)10-2-5-12(17)6-3-10/h2-8,14-15,19H,18H2,1H3. The number of aliphatic hydroxyl groups is 1. The number of aryl methyl sites for hydroxylation is 1. The molecule has 0 saturated carbocycles. The van der Waals surface area contributed by atoms with Gasteiger partial charge in [0.05, 0.1) is 12.1 Å². The minimum Gasteiger partial charge on any atom is -0.386 e. The van der Waals surface area contributed by atoms with Crippen LogP contribution < -0.4 is 5.73 Å². The molecule has 2 aromatic rings. The van der Waals surface area contributed by atoms with Crippen molar-refractivity contribution < 1.29 is 5.11 Å². The first-order chi connectivity index (χ1) is 8.99. The number of benzene rings is 2. The van der Waals surface area contributed by atoms with E-state index in [9.17, 15) is 5.11 Å². The fourth-order valence-electron chi connectivity index (χ4n) is 1.92. The highest BCUT2D eigenvalue weighted by Crippen LogP contribution is 2.29. The maximum Gasteiger partial charge on any atom is 0.0982 e. The van der Waals surface area contributed by atoms with Crippen LogP contribution in [0.5, 0.6) is 0 Å². The van der Waals surface area contributed by atoms with Gasteiger partial charge in [0.15, 0.2) is 0 Å². The van der Waals surface area contributed by atoms with Crippen LogP contribution in [-0.2, 0) is 0 Å². The molecule has 19 heavy (non-hydrogen) atoms. The molecule has 0 bridgehead atoms. The summed E-state index contributed by atoms with van der Waals surface area (Å²) in [4.78, 5) is 0. The Kier molecular flexibility index (Phi) is 4.84. The van der Waals surface area contributed by atoms with Gasteiger partial charge in [-0.15, -0.1) is 0 Å². The number of rotatable bonds is 3. The van der Waals surface area contributed by atoms with Crippen LogP contribution in [0.3, 0.4) is 0 Å². The zero-order valence-corrected chi connectivity index (χ0v) is 13.4. The predicted octanol–water partition coefficient (Wildman–Crippen LogP) is 3.99. The molecule has 0 aromatic heterocycles. The van der Waals surface area contributed by atoms with Gasteiger partial charge in [-0.2, -0.15) is 0 Å². The molecule has 3 N–H and O–H groups in total. The second-order valence-electron chi connectivity index (χ2n) is 4.53. The Hall–Kier alpha value is -0.620. The topological polar surface area (TPSA) is 46.2 Å². The van der Waals surface area contributed by atoms with E-state index in [0.717, 1.165) is 20.3 Å². The quantitative estimate of drug-likeness (QED) is 0.782. The van der Waals surface area contributed by atoms with Crippen LogP contribution in [0.4, 0.5) is 0 Å². The summed E-state index contributed by atoms with van der Waals surface area (Å²) in [6.45, 7) is 1.93. The van der Waals surface area contributed by atoms with Crippen LogP contribution in [-0.4, -0.2) is 5.11 Å². The van der Waals surface area contributed by atoms with E-state index in [1.54, 1.807) is 0 Å². The maximum absolute atomic E-state index is 10.3. The van der Waals surface area contributed by atoms with Crippen molar-refractivity contribution in [1.29, 1.82) is 0 Å². The molecule has 2 atom stereocenters. The van der Waals surface area contributed by atoms with Crippen LogP contribution in [0.15, 0.2) is 42.5 Å². The Morgan fingerprint density at radius 3 is 2.26 bits per heavy atom. The molecule has 2 aromatic carbocycles. The maximum atomic E-state index is 10.3. The Morgan fingerprint density at radius 2 is 1.68 bits per heavy atom. The molecule has 0 fully saturated rings. The van der Waals surface area contributed by atoms with Gasteiger partial charge in [0, 0.05) is 8.59 Å². The first-order valence-corrected chi connectivity index (χ1v) is 7.40.